The molecule has 11 nitrogen and oxygen atoms in total. The van der Waals surface area contributed by atoms with Crippen molar-refractivity contribution in [3.05, 3.63) is 101 Å². The van der Waals surface area contributed by atoms with Gasteiger partial charge in [-0.05, 0) is 71.0 Å². The first-order chi connectivity index (χ1) is 28.6. The molecule has 2 aromatic carbocycles. The standard InChI is InChI=1S/C48H50N4O7/c1-26-4-8-31(40(56)18-26)41(57)20-29(53)7-5-27-19-43-42(21-39(27)55)58-17-16-48(14-2-3-15-48)36-12-13-38(54)32-10-11-33-44-28(22-51-46(33)49)6-9-30(45(32)44)34-23-50-37-25-52(24-35(34)37)47(36)59-43/h4,6,8-11,19,21,23-26,28,30-31,36,38,40-41,46-47,50-51,54-57H,2-3,5,7,14-15,18,20,22,49H2,1H3/t26-,28-,30+,31+,36+,38+,40-,41-,46+,47+/m0/s1. The van der Waals surface area contributed by atoms with Crippen molar-refractivity contribution < 1.29 is 34.7 Å². The number of aromatic nitrogens is 2. The molecular formula is C48H50N4O7. The quantitative estimate of drug-likeness (QED) is 0.0912. The van der Waals surface area contributed by atoms with Crippen LogP contribution in [-0.4, -0.2) is 54.5 Å². The molecule has 0 unspecified atom stereocenters. The van der Waals surface area contributed by atoms with E-state index in [-0.39, 0.29) is 60.5 Å². The summed E-state index contributed by atoms with van der Waals surface area (Å²) in [6.07, 6.45) is 17.7. The zero-order valence-corrected chi connectivity index (χ0v) is 33.0. The van der Waals surface area contributed by atoms with E-state index in [1.807, 2.05) is 37.4 Å². The molecule has 5 heterocycles. The Hall–Kier alpha value is -5.27. The zero-order valence-electron chi connectivity index (χ0n) is 33.0. The van der Waals surface area contributed by atoms with Crippen LogP contribution in [0.3, 0.4) is 0 Å². The molecule has 11 heteroatoms. The van der Waals surface area contributed by atoms with Crippen LogP contribution < -0.4 is 20.5 Å². The molecular weight excluding hydrogens is 745 g/mol. The van der Waals surface area contributed by atoms with Crippen molar-refractivity contribution in [2.45, 2.75) is 101 Å². The van der Waals surface area contributed by atoms with Gasteiger partial charge in [-0.15, -0.1) is 0 Å². The second-order valence-electron chi connectivity index (χ2n) is 17.6. The average molecular weight is 795 g/mol. The molecule has 4 aromatic rings. The summed E-state index contributed by atoms with van der Waals surface area (Å²) in [5, 5.41) is 49.2. The third-order valence-electron chi connectivity index (χ3n) is 13.8. The summed E-state index contributed by atoms with van der Waals surface area (Å²) in [7, 11) is 0. The number of Topliss-reactive ketones (excluding diaryl/α,β-unsaturated/α-hetero) is 1. The van der Waals surface area contributed by atoms with E-state index in [1.165, 1.54) is 6.07 Å². The number of rotatable bonds is 6. The van der Waals surface area contributed by atoms with Crippen molar-refractivity contribution in [1.29, 1.82) is 0 Å². The molecule has 10 atom stereocenters. The lowest BCUT2D eigenvalue weighted by Gasteiger charge is -2.37. The molecule has 3 aliphatic heterocycles. The average Bonchev–Trinajstić information content (AvgIpc) is 3.96. The fraction of sp³-hybridized carbons (Fsp3) is 0.438. The van der Waals surface area contributed by atoms with Gasteiger partial charge in [-0.1, -0.05) is 74.0 Å². The topological polar surface area (TPSA) is 175 Å². The van der Waals surface area contributed by atoms with E-state index >= 15 is 0 Å². The van der Waals surface area contributed by atoms with Gasteiger partial charge in [0.2, 0.25) is 0 Å². The van der Waals surface area contributed by atoms with Crippen molar-refractivity contribution in [1.82, 2.24) is 14.9 Å². The van der Waals surface area contributed by atoms with E-state index in [0.29, 0.717) is 24.3 Å². The number of nitrogens with two attached hydrogens (primary N) is 1. The Morgan fingerprint density at radius 2 is 1.86 bits per heavy atom. The number of ketones is 1. The van der Waals surface area contributed by atoms with Crippen LogP contribution in [0.5, 0.6) is 17.2 Å². The van der Waals surface area contributed by atoms with E-state index in [0.717, 1.165) is 64.4 Å². The van der Waals surface area contributed by atoms with Crippen molar-refractivity contribution >= 4 is 16.7 Å². The first-order valence-electron chi connectivity index (χ1n) is 21.1. The van der Waals surface area contributed by atoms with Crippen LogP contribution in [0.15, 0.2) is 67.2 Å². The summed E-state index contributed by atoms with van der Waals surface area (Å²) in [5.74, 6) is 9.85. The number of aliphatic hydroxyl groups excluding tert-OH is 3. The predicted octanol–water partition coefficient (Wildman–Crippen LogP) is 6.00. The third-order valence-corrected chi connectivity index (χ3v) is 13.8. The first-order valence-corrected chi connectivity index (χ1v) is 21.1. The number of hydrogen-bond donors (Lipinski definition) is 7. The van der Waals surface area contributed by atoms with Gasteiger partial charge in [-0.2, -0.15) is 0 Å². The van der Waals surface area contributed by atoms with Gasteiger partial charge in [0, 0.05) is 67.2 Å². The lowest BCUT2D eigenvalue weighted by Crippen LogP contribution is -2.39. The number of benzene rings is 2. The monoisotopic (exact) mass is 794 g/mol. The third kappa shape index (κ3) is 6.57. The van der Waals surface area contributed by atoms with E-state index < -0.39 is 41.8 Å². The number of aromatic hydroxyl groups is 1. The van der Waals surface area contributed by atoms with E-state index in [1.54, 1.807) is 6.07 Å². The van der Waals surface area contributed by atoms with Gasteiger partial charge in [0.25, 0.3) is 0 Å². The number of aryl methyl sites for hydroxylation is 1. The number of aromatic amines is 1. The Balaban J connectivity index is 1.03. The maximum atomic E-state index is 13.2. The molecule has 0 saturated heterocycles. The number of carbonyl (C=O) groups excluding carboxylic acids is 1. The summed E-state index contributed by atoms with van der Waals surface area (Å²) in [6.45, 7) is 2.72. The number of carbonyl (C=O) groups is 1. The van der Waals surface area contributed by atoms with Gasteiger partial charge >= 0.3 is 0 Å². The fourth-order valence-corrected chi connectivity index (χ4v) is 10.6. The molecule has 1 saturated carbocycles. The lowest BCUT2D eigenvalue weighted by atomic mass is 9.71. The van der Waals surface area contributed by atoms with Gasteiger partial charge in [-0.3, -0.25) is 10.1 Å². The van der Waals surface area contributed by atoms with E-state index in [4.69, 9.17) is 15.2 Å². The molecule has 0 radical (unpaired) electrons. The van der Waals surface area contributed by atoms with E-state index in [9.17, 15) is 25.2 Å². The summed E-state index contributed by atoms with van der Waals surface area (Å²) in [5.41, 5.74) is 12.5. The Kier molecular flexibility index (Phi) is 9.51. The number of ether oxygens (including phenoxy) is 2. The maximum absolute atomic E-state index is 13.2. The van der Waals surface area contributed by atoms with Crippen LogP contribution in [0.2, 0.25) is 0 Å². The minimum atomic E-state index is -1.09. The first kappa shape index (κ1) is 38.0. The van der Waals surface area contributed by atoms with Gasteiger partial charge in [0.1, 0.15) is 23.7 Å². The highest BCUT2D eigenvalue weighted by molar-refractivity contribution is 5.85. The number of H-pyrrole nitrogens is 1. The molecule has 304 valence electrons. The van der Waals surface area contributed by atoms with Crippen molar-refractivity contribution in [2.75, 3.05) is 6.54 Å². The Labute approximate surface area is 343 Å². The number of nitrogens with zero attached hydrogens (tertiary/aromatic N) is 1. The van der Waals surface area contributed by atoms with Crippen LogP contribution in [-0.2, 0) is 11.2 Å². The second-order valence-corrected chi connectivity index (χ2v) is 17.6. The van der Waals surface area contributed by atoms with Crippen LogP contribution in [0.1, 0.15) is 116 Å². The lowest BCUT2D eigenvalue weighted by molar-refractivity contribution is -0.122. The maximum Gasteiger partial charge on any atom is 0.191 e. The van der Waals surface area contributed by atoms with Gasteiger partial charge < -0.3 is 45.2 Å². The van der Waals surface area contributed by atoms with Crippen LogP contribution in [0.4, 0.5) is 0 Å². The minimum Gasteiger partial charge on any atom is -0.508 e. The molecule has 1 fully saturated rings. The van der Waals surface area contributed by atoms with Gasteiger partial charge in [0.05, 0.1) is 35.2 Å². The molecule has 0 amide bonds. The van der Waals surface area contributed by atoms with Crippen LogP contribution in [0.25, 0.3) is 10.9 Å². The highest BCUT2D eigenvalue weighted by Crippen LogP contribution is 2.52. The zero-order chi connectivity index (χ0) is 40.6. The normalized spacial score (nSPS) is 30.0. The number of hydrogen-bond acceptors (Lipinski definition) is 9. The van der Waals surface area contributed by atoms with Crippen LogP contribution >= 0.6 is 0 Å². The summed E-state index contributed by atoms with van der Waals surface area (Å²) >= 11 is 0. The van der Waals surface area contributed by atoms with Crippen molar-refractivity contribution in [3.63, 3.8) is 0 Å². The summed E-state index contributed by atoms with van der Waals surface area (Å²) in [6, 6.07) is 7.19. The number of aliphatic hydroxyl groups is 3. The molecule has 8 N–H and O–H groups in total. The van der Waals surface area contributed by atoms with Crippen molar-refractivity contribution in [2.24, 2.45) is 28.9 Å². The highest BCUT2D eigenvalue weighted by atomic mass is 16.5. The summed E-state index contributed by atoms with van der Waals surface area (Å²) in [4.78, 5) is 16.7. The Bertz CT molecular complexity index is 2520. The molecule has 59 heavy (non-hydrogen) atoms. The Morgan fingerprint density at radius 3 is 2.69 bits per heavy atom. The molecule has 1 spiro atoms. The van der Waals surface area contributed by atoms with Gasteiger partial charge in [-0.25, -0.2) is 0 Å². The highest BCUT2D eigenvalue weighted by Gasteiger charge is 2.47. The number of phenols is 1. The molecule has 2 aromatic heterocycles. The van der Waals surface area contributed by atoms with Crippen molar-refractivity contribution in [3.8, 4) is 41.1 Å². The molecule has 6 aliphatic rings. The number of nitrogens with one attached hydrogen (secondary N) is 2. The summed E-state index contributed by atoms with van der Waals surface area (Å²) < 4.78 is 15.2. The second kappa shape index (κ2) is 14.8. The fourth-order valence-electron chi connectivity index (χ4n) is 10.6. The van der Waals surface area contributed by atoms with Gasteiger partial charge in [0.15, 0.2) is 17.7 Å². The molecule has 10 rings (SSSR count). The predicted molar refractivity (Wildman–Crippen MR) is 221 cm³/mol. The van der Waals surface area contributed by atoms with Crippen LogP contribution in [0, 0.1) is 47.0 Å². The molecule has 3 aliphatic carbocycles. The Morgan fingerprint density at radius 1 is 1.03 bits per heavy atom. The number of fused-ring (bicyclic) bond motifs is 6. The SMILES string of the molecule is C[C@H]1C=C[C@@H]([C@@H](O)CC(=O)CCc2cc3c(cc2O)OC#CC2(CCCC2)[C@@H]2C#C[C@@H](O)c4ccc5c6c4[C@H](C=C[C@H]6CN[C@H]5N)c4c[nH]c5cn(cc45)[C@@H]2O3)[C@@H](O)C1. The van der Waals surface area contributed by atoms with E-state index in [2.05, 4.69) is 63.3 Å². The largest absolute Gasteiger partial charge is 0.508 e. The number of phenolic OH excluding ortho intramolecular Hbond substituents is 1. The molecule has 2 bridgehead atoms. The smallest absolute Gasteiger partial charge is 0.191 e. The number of allylic oxidation sites excluding steroid dienone is 2. The minimum absolute atomic E-state index is 0.0607.